The number of hydrogen-bond acceptors (Lipinski definition) is 3. The molecule has 0 aliphatic carbocycles. The van der Waals surface area contributed by atoms with E-state index in [1.807, 2.05) is 61.5 Å². The molecule has 2 N–H and O–H groups in total. The van der Waals surface area contributed by atoms with Gasteiger partial charge in [-0.2, -0.15) is 0 Å². The van der Waals surface area contributed by atoms with Crippen LogP contribution in [0.1, 0.15) is 31.0 Å². The van der Waals surface area contributed by atoms with E-state index < -0.39 is 12.1 Å². The smallest absolute Gasteiger partial charge is 0.322 e. The van der Waals surface area contributed by atoms with Gasteiger partial charge in [0.25, 0.3) is 5.91 Å². The van der Waals surface area contributed by atoms with Crippen molar-refractivity contribution >= 4 is 41.0 Å². The Hall–Kier alpha value is -3.81. The number of nitrogens with one attached hydrogen (secondary N) is 2. The first-order valence-corrected chi connectivity index (χ1v) is 13.5. The third-order valence-electron chi connectivity index (χ3n) is 7.24. The number of carbonyl (C=O) groups excluding carboxylic acids is 3. The molecule has 2 aliphatic rings. The summed E-state index contributed by atoms with van der Waals surface area (Å²) in [6.45, 7) is 4.38. The van der Waals surface area contributed by atoms with Crippen molar-refractivity contribution in [2.75, 3.05) is 13.1 Å². The highest BCUT2D eigenvalue weighted by Gasteiger charge is 2.46. The van der Waals surface area contributed by atoms with Crippen LogP contribution >= 0.6 is 23.2 Å². The summed E-state index contributed by atoms with van der Waals surface area (Å²) in [5.74, 6) is -0.596. The van der Waals surface area contributed by atoms with Crippen molar-refractivity contribution in [2.24, 2.45) is 0 Å². The highest BCUT2D eigenvalue weighted by molar-refractivity contribution is 6.35. The third-order valence-corrected chi connectivity index (χ3v) is 7.80. The molecule has 0 radical (unpaired) electrons. The molecule has 0 saturated heterocycles. The Kier molecular flexibility index (Phi) is 7.64. The van der Waals surface area contributed by atoms with Crippen LogP contribution < -0.4 is 10.6 Å². The number of nitrogens with zero attached hydrogens (tertiary/aromatic N) is 2. The van der Waals surface area contributed by atoms with Gasteiger partial charge in [-0.3, -0.25) is 14.5 Å². The van der Waals surface area contributed by atoms with Crippen LogP contribution in [0.5, 0.6) is 0 Å². The molecule has 2 atom stereocenters. The Balaban J connectivity index is 1.36. The van der Waals surface area contributed by atoms with E-state index in [9.17, 15) is 14.4 Å². The van der Waals surface area contributed by atoms with Crippen LogP contribution in [0.4, 0.5) is 4.79 Å². The predicted molar refractivity (Wildman–Crippen MR) is 152 cm³/mol. The molecule has 0 saturated carbocycles. The Morgan fingerprint density at radius 1 is 1.05 bits per heavy atom. The monoisotopic (exact) mass is 562 g/mol. The van der Waals surface area contributed by atoms with E-state index in [1.54, 1.807) is 25.1 Å². The van der Waals surface area contributed by atoms with Crippen molar-refractivity contribution < 1.29 is 14.4 Å². The maximum Gasteiger partial charge on any atom is 0.322 e. The number of amides is 4. The first-order chi connectivity index (χ1) is 18.8. The fraction of sp³-hybridized carbons (Fsp3) is 0.233. The van der Waals surface area contributed by atoms with Gasteiger partial charge in [-0.05, 0) is 48.2 Å². The first kappa shape index (κ1) is 26.8. The van der Waals surface area contributed by atoms with Crippen LogP contribution in [-0.2, 0) is 16.1 Å². The Morgan fingerprint density at radius 2 is 1.77 bits per heavy atom. The topological polar surface area (TPSA) is 81.8 Å². The zero-order chi connectivity index (χ0) is 27.7. The zero-order valence-electron chi connectivity index (χ0n) is 21.6. The summed E-state index contributed by atoms with van der Waals surface area (Å²) in [7, 11) is 0. The normalized spacial score (nSPS) is 17.7. The maximum atomic E-state index is 13.8. The second kappa shape index (κ2) is 11.1. The Morgan fingerprint density at radius 3 is 2.49 bits per heavy atom. The van der Waals surface area contributed by atoms with Gasteiger partial charge in [0, 0.05) is 23.1 Å². The number of likely N-dealkylation sites (N-methyl/N-ethyl adjacent to an activating group) is 1. The summed E-state index contributed by atoms with van der Waals surface area (Å²) in [5, 5.41) is 6.70. The fourth-order valence-corrected chi connectivity index (χ4v) is 5.69. The van der Waals surface area contributed by atoms with E-state index in [0.717, 1.165) is 16.7 Å². The maximum absolute atomic E-state index is 13.8. The highest BCUT2D eigenvalue weighted by atomic mass is 35.5. The average Bonchev–Trinajstić information content (AvgIpc) is 3.28. The molecule has 2 aliphatic heterocycles. The zero-order valence-corrected chi connectivity index (χ0v) is 23.1. The molecule has 9 heteroatoms. The van der Waals surface area contributed by atoms with Crippen LogP contribution in [0.3, 0.4) is 0 Å². The molecular weight excluding hydrogens is 535 g/mol. The van der Waals surface area contributed by atoms with Crippen molar-refractivity contribution in [1.82, 2.24) is 20.4 Å². The molecule has 39 heavy (non-hydrogen) atoms. The molecule has 3 aromatic rings. The number of carbonyl (C=O) groups is 3. The van der Waals surface area contributed by atoms with Gasteiger partial charge in [-0.25, -0.2) is 4.79 Å². The minimum absolute atomic E-state index is 0.145. The minimum Gasteiger partial charge on any atom is -0.350 e. The molecule has 5 rings (SSSR count). The Labute approximate surface area is 237 Å². The van der Waals surface area contributed by atoms with Crippen LogP contribution in [0, 0.1) is 0 Å². The third kappa shape index (κ3) is 5.12. The van der Waals surface area contributed by atoms with E-state index in [4.69, 9.17) is 23.2 Å². The summed E-state index contributed by atoms with van der Waals surface area (Å²) in [6, 6.07) is 21.0. The lowest BCUT2D eigenvalue weighted by Crippen LogP contribution is -2.47. The summed E-state index contributed by atoms with van der Waals surface area (Å²) in [5.41, 5.74) is 4.63. The van der Waals surface area contributed by atoms with Crippen molar-refractivity contribution in [3.63, 3.8) is 0 Å². The van der Waals surface area contributed by atoms with E-state index in [-0.39, 0.29) is 24.4 Å². The molecule has 0 bridgehead atoms. The molecule has 2 unspecified atom stereocenters. The number of rotatable bonds is 7. The quantitative estimate of drug-likeness (QED) is 0.396. The van der Waals surface area contributed by atoms with Gasteiger partial charge in [-0.1, -0.05) is 83.9 Å². The molecule has 0 aromatic heterocycles. The minimum atomic E-state index is -0.762. The highest BCUT2D eigenvalue weighted by Crippen LogP contribution is 2.39. The first-order valence-electron chi connectivity index (χ1n) is 12.8. The van der Waals surface area contributed by atoms with Crippen molar-refractivity contribution in [1.29, 1.82) is 0 Å². The molecule has 0 fully saturated rings. The van der Waals surface area contributed by atoms with Gasteiger partial charge in [0.15, 0.2) is 0 Å². The lowest BCUT2D eigenvalue weighted by Gasteiger charge is -2.33. The van der Waals surface area contributed by atoms with Crippen molar-refractivity contribution in [3.05, 3.63) is 105 Å². The summed E-state index contributed by atoms with van der Waals surface area (Å²) in [4.78, 5) is 43.1. The number of benzene rings is 3. The van der Waals surface area contributed by atoms with Crippen LogP contribution in [0.15, 0.2) is 84.1 Å². The average molecular weight is 563 g/mol. The molecular formula is C30H28Cl2N4O3. The SMILES string of the molecule is CCN1C(=O)NC(c2ccc(Cl)cc2Cl)C2=C1CN(C(C)C(=O)NCc1ccccc1-c1ccccc1)C2=O. The summed E-state index contributed by atoms with van der Waals surface area (Å²) >= 11 is 12.5. The molecule has 0 spiro atoms. The van der Waals surface area contributed by atoms with Gasteiger partial charge in [-0.15, -0.1) is 0 Å². The van der Waals surface area contributed by atoms with Gasteiger partial charge < -0.3 is 15.5 Å². The second-order valence-corrected chi connectivity index (χ2v) is 10.3. The number of halogens is 2. The van der Waals surface area contributed by atoms with Gasteiger partial charge in [0.05, 0.1) is 23.9 Å². The van der Waals surface area contributed by atoms with E-state index in [2.05, 4.69) is 10.6 Å². The molecule has 4 amide bonds. The van der Waals surface area contributed by atoms with Gasteiger partial charge in [0.1, 0.15) is 6.04 Å². The molecule has 7 nitrogen and oxygen atoms in total. The van der Waals surface area contributed by atoms with Crippen molar-refractivity contribution in [2.45, 2.75) is 32.5 Å². The largest absolute Gasteiger partial charge is 0.350 e. The number of urea groups is 1. The van der Waals surface area contributed by atoms with Crippen LogP contribution in [0.2, 0.25) is 10.0 Å². The Bertz CT molecular complexity index is 1470. The second-order valence-electron chi connectivity index (χ2n) is 9.50. The summed E-state index contributed by atoms with van der Waals surface area (Å²) in [6.07, 6.45) is 0. The molecule has 200 valence electrons. The van der Waals surface area contributed by atoms with E-state index in [1.165, 1.54) is 9.80 Å². The van der Waals surface area contributed by atoms with Gasteiger partial charge >= 0.3 is 6.03 Å². The molecule has 2 heterocycles. The van der Waals surface area contributed by atoms with Crippen molar-refractivity contribution in [3.8, 4) is 11.1 Å². The van der Waals surface area contributed by atoms with E-state index in [0.29, 0.717) is 40.0 Å². The predicted octanol–water partition coefficient (Wildman–Crippen LogP) is 5.55. The lowest BCUT2D eigenvalue weighted by atomic mass is 9.95. The van der Waals surface area contributed by atoms with E-state index >= 15 is 0 Å². The van der Waals surface area contributed by atoms with Gasteiger partial charge in [0.2, 0.25) is 5.91 Å². The van der Waals surface area contributed by atoms with Crippen LogP contribution in [-0.4, -0.2) is 46.8 Å². The lowest BCUT2D eigenvalue weighted by molar-refractivity contribution is -0.135. The molecule has 3 aromatic carbocycles. The van der Waals surface area contributed by atoms with Crippen LogP contribution in [0.25, 0.3) is 11.1 Å². The fourth-order valence-electron chi connectivity index (χ4n) is 5.17. The summed E-state index contributed by atoms with van der Waals surface area (Å²) < 4.78 is 0. The standard InChI is InChI=1S/C30H28Cl2N4O3/c1-3-35-25-17-36(29(38)26(25)27(34-30(35)39)23-14-13-21(31)15-24(23)32)18(2)28(37)33-16-20-11-7-8-12-22(20)19-9-5-4-6-10-19/h4-15,18,27H,3,16-17H2,1-2H3,(H,33,37)(H,34,39). The number of hydrogen-bond donors (Lipinski definition) is 2.